The molecular formula is C16H12F3N. The molecule has 0 atom stereocenters. The first-order valence-corrected chi connectivity index (χ1v) is 5.96. The van der Waals surface area contributed by atoms with Crippen LogP contribution in [0.4, 0.5) is 18.9 Å². The van der Waals surface area contributed by atoms with Crippen LogP contribution in [0, 0.1) is 12.3 Å². The predicted octanol–water partition coefficient (Wildman–Crippen LogP) is 4.30. The number of benzene rings is 2. The van der Waals surface area contributed by atoms with Gasteiger partial charge in [-0.1, -0.05) is 24.1 Å². The second kappa shape index (κ2) is 5.70. The molecule has 2 aromatic rings. The predicted molar refractivity (Wildman–Crippen MR) is 73.1 cm³/mol. The monoisotopic (exact) mass is 275 g/mol. The van der Waals surface area contributed by atoms with Gasteiger partial charge in [-0.15, -0.1) is 6.42 Å². The highest BCUT2D eigenvalue weighted by atomic mass is 19.4. The first-order chi connectivity index (χ1) is 9.49. The van der Waals surface area contributed by atoms with Crippen LogP contribution in [0.15, 0.2) is 48.5 Å². The fourth-order valence-electron chi connectivity index (χ4n) is 1.78. The van der Waals surface area contributed by atoms with Gasteiger partial charge >= 0.3 is 6.18 Å². The summed E-state index contributed by atoms with van der Waals surface area (Å²) in [6.45, 7) is 0.304. The van der Waals surface area contributed by atoms with Crippen LogP contribution in [0.5, 0.6) is 0 Å². The summed E-state index contributed by atoms with van der Waals surface area (Å²) < 4.78 is 37.8. The van der Waals surface area contributed by atoms with Crippen LogP contribution in [0.1, 0.15) is 16.7 Å². The highest BCUT2D eigenvalue weighted by Crippen LogP contribution is 2.29. The number of halogens is 3. The normalized spacial score (nSPS) is 10.9. The van der Waals surface area contributed by atoms with Gasteiger partial charge in [0.1, 0.15) is 0 Å². The average molecular weight is 275 g/mol. The summed E-state index contributed by atoms with van der Waals surface area (Å²) in [5, 5.41) is 3.05. The Balaban J connectivity index is 2.09. The van der Waals surface area contributed by atoms with E-state index in [2.05, 4.69) is 11.2 Å². The van der Waals surface area contributed by atoms with Gasteiger partial charge in [-0.2, -0.15) is 13.2 Å². The zero-order chi connectivity index (χ0) is 14.6. The van der Waals surface area contributed by atoms with Gasteiger partial charge in [0.25, 0.3) is 0 Å². The van der Waals surface area contributed by atoms with Crippen molar-refractivity contribution < 1.29 is 13.2 Å². The van der Waals surface area contributed by atoms with E-state index in [0.717, 1.165) is 23.4 Å². The SMILES string of the molecule is C#Cc1cccc(NCc2cccc(C(F)(F)F)c2)c1. The minimum absolute atomic E-state index is 0.304. The molecule has 2 aromatic carbocycles. The Kier molecular flexibility index (Phi) is 3.99. The number of terminal acetylenes is 1. The largest absolute Gasteiger partial charge is 0.416 e. The molecule has 0 aromatic heterocycles. The number of alkyl halides is 3. The van der Waals surface area contributed by atoms with E-state index in [1.807, 2.05) is 6.07 Å². The average Bonchev–Trinajstić information content (AvgIpc) is 2.45. The molecule has 0 saturated heterocycles. The third-order valence-corrected chi connectivity index (χ3v) is 2.78. The second-order valence-electron chi connectivity index (χ2n) is 4.28. The van der Waals surface area contributed by atoms with E-state index >= 15 is 0 Å². The molecular weight excluding hydrogens is 263 g/mol. The van der Waals surface area contributed by atoms with Gasteiger partial charge in [0.2, 0.25) is 0 Å². The van der Waals surface area contributed by atoms with Gasteiger partial charge in [-0.05, 0) is 35.9 Å². The zero-order valence-corrected chi connectivity index (χ0v) is 10.5. The van der Waals surface area contributed by atoms with E-state index in [-0.39, 0.29) is 0 Å². The first-order valence-electron chi connectivity index (χ1n) is 5.96. The van der Waals surface area contributed by atoms with E-state index in [1.54, 1.807) is 24.3 Å². The van der Waals surface area contributed by atoms with Crippen molar-refractivity contribution in [1.82, 2.24) is 0 Å². The van der Waals surface area contributed by atoms with Crippen molar-refractivity contribution in [2.24, 2.45) is 0 Å². The number of nitrogens with one attached hydrogen (secondary N) is 1. The molecule has 0 saturated carbocycles. The van der Waals surface area contributed by atoms with Crippen LogP contribution in [0.2, 0.25) is 0 Å². The smallest absolute Gasteiger partial charge is 0.381 e. The van der Waals surface area contributed by atoms with Crippen molar-refractivity contribution >= 4 is 5.69 Å². The topological polar surface area (TPSA) is 12.0 Å². The number of anilines is 1. The first kappa shape index (κ1) is 14.0. The Morgan fingerprint density at radius 3 is 2.50 bits per heavy atom. The lowest BCUT2D eigenvalue weighted by Crippen LogP contribution is -2.06. The Labute approximate surface area is 115 Å². The van der Waals surface area contributed by atoms with Crippen molar-refractivity contribution in [3.63, 3.8) is 0 Å². The van der Waals surface area contributed by atoms with Crippen molar-refractivity contribution in [2.45, 2.75) is 12.7 Å². The van der Waals surface area contributed by atoms with Crippen molar-refractivity contribution in [3.8, 4) is 12.3 Å². The Hall–Kier alpha value is -2.41. The van der Waals surface area contributed by atoms with Crippen molar-refractivity contribution in [3.05, 3.63) is 65.2 Å². The fraction of sp³-hybridized carbons (Fsp3) is 0.125. The van der Waals surface area contributed by atoms with Gasteiger partial charge < -0.3 is 5.32 Å². The third-order valence-electron chi connectivity index (χ3n) is 2.78. The minimum Gasteiger partial charge on any atom is -0.381 e. The summed E-state index contributed by atoms with van der Waals surface area (Å²) in [6.07, 6.45) is 0.971. The zero-order valence-electron chi connectivity index (χ0n) is 10.5. The standard InChI is InChI=1S/C16H12F3N/c1-2-12-5-4-8-15(10-12)20-11-13-6-3-7-14(9-13)16(17,18)19/h1,3-10,20H,11H2. The van der Waals surface area contributed by atoms with Crippen molar-refractivity contribution in [2.75, 3.05) is 5.32 Å². The van der Waals surface area contributed by atoms with E-state index < -0.39 is 11.7 Å². The Morgan fingerprint density at radius 2 is 1.80 bits per heavy atom. The Morgan fingerprint density at radius 1 is 1.05 bits per heavy atom. The lowest BCUT2D eigenvalue weighted by molar-refractivity contribution is -0.137. The highest BCUT2D eigenvalue weighted by molar-refractivity contribution is 5.50. The van der Waals surface area contributed by atoms with E-state index in [0.29, 0.717) is 12.1 Å². The summed E-state index contributed by atoms with van der Waals surface area (Å²) >= 11 is 0. The molecule has 0 amide bonds. The third kappa shape index (κ3) is 3.55. The maximum Gasteiger partial charge on any atom is 0.416 e. The minimum atomic E-state index is -4.32. The lowest BCUT2D eigenvalue weighted by Gasteiger charge is -2.10. The highest BCUT2D eigenvalue weighted by Gasteiger charge is 2.30. The van der Waals surface area contributed by atoms with Crippen molar-refractivity contribution in [1.29, 1.82) is 0 Å². The van der Waals surface area contributed by atoms with Gasteiger partial charge in [0.05, 0.1) is 5.56 Å². The van der Waals surface area contributed by atoms with Crippen LogP contribution in [0.3, 0.4) is 0 Å². The quantitative estimate of drug-likeness (QED) is 0.823. The number of hydrogen-bond acceptors (Lipinski definition) is 1. The molecule has 0 heterocycles. The second-order valence-corrected chi connectivity index (χ2v) is 4.28. The van der Waals surface area contributed by atoms with Crippen LogP contribution < -0.4 is 5.32 Å². The molecule has 0 radical (unpaired) electrons. The molecule has 0 aliphatic rings. The van der Waals surface area contributed by atoms with Crippen LogP contribution >= 0.6 is 0 Å². The van der Waals surface area contributed by atoms with Crippen LogP contribution in [0.25, 0.3) is 0 Å². The molecule has 0 unspecified atom stereocenters. The fourth-order valence-corrected chi connectivity index (χ4v) is 1.78. The maximum atomic E-state index is 12.6. The molecule has 1 nitrogen and oxygen atoms in total. The lowest BCUT2D eigenvalue weighted by atomic mass is 10.1. The molecule has 1 N–H and O–H groups in total. The maximum absolute atomic E-state index is 12.6. The number of rotatable bonds is 3. The molecule has 0 bridgehead atoms. The summed E-state index contributed by atoms with van der Waals surface area (Å²) in [4.78, 5) is 0. The number of hydrogen-bond donors (Lipinski definition) is 1. The summed E-state index contributed by atoms with van der Waals surface area (Å²) in [5.74, 6) is 2.51. The summed E-state index contributed by atoms with van der Waals surface area (Å²) in [6, 6.07) is 12.4. The van der Waals surface area contributed by atoms with Gasteiger partial charge in [0.15, 0.2) is 0 Å². The van der Waals surface area contributed by atoms with E-state index in [1.165, 1.54) is 6.07 Å². The summed E-state index contributed by atoms with van der Waals surface area (Å²) in [5.41, 5.74) is 1.41. The van der Waals surface area contributed by atoms with Gasteiger partial charge in [0, 0.05) is 17.8 Å². The Bertz CT molecular complexity index is 639. The summed E-state index contributed by atoms with van der Waals surface area (Å²) in [7, 11) is 0. The molecule has 20 heavy (non-hydrogen) atoms. The van der Waals surface area contributed by atoms with E-state index in [9.17, 15) is 13.2 Å². The molecule has 2 rings (SSSR count). The van der Waals surface area contributed by atoms with Crippen LogP contribution in [-0.2, 0) is 12.7 Å². The molecule has 4 heteroatoms. The molecule has 102 valence electrons. The van der Waals surface area contributed by atoms with Gasteiger partial charge in [-0.3, -0.25) is 0 Å². The van der Waals surface area contributed by atoms with Gasteiger partial charge in [-0.25, -0.2) is 0 Å². The molecule has 0 spiro atoms. The molecule has 0 fully saturated rings. The van der Waals surface area contributed by atoms with E-state index in [4.69, 9.17) is 6.42 Å². The van der Waals surface area contributed by atoms with Crippen LogP contribution in [-0.4, -0.2) is 0 Å². The molecule has 0 aliphatic heterocycles. The molecule has 0 aliphatic carbocycles.